The normalized spacial score (nSPS) is 27.9. The van der Waals surface area contributed by atoms with E-state index in [0.29, 0.717) is 30.3 Å². The number of nitrogens with one attached hydrogen (secondary N) is 1. The third kappa shape index (κ3) is 5.87. The molecule has 2 aromatic rings. The molecule has 2 fully saturated rings. The molecule has 0 aromatic heterocycles. The van der Waals surface area contributed by atoms with Crippen molar-refractivity contribution in [2.75, 3.05) is 57.4 Å². The molecule has 3 aliphatic heterocycles. The number of fused-ring (bicyclic) bond motifs is 1. The number of aliphatic carboxylic acids is 1. The lowest BCUT2D eigenvalue weighted by atomic mass is 9.84. The van der Waals surface area contributed by atoms with Crippen molar-refractivity contribution in [2.24, 2.45) is 0 Å². The zero-order valence-electron chi connectivity index (χ0n) is 23.0. The van der Waals surface area contributed by atoms with E-state index in [0.717, 1.165) is 43.9 Å². The van der Waals surface area contributed by atoms with Crippen LogP contribution in [0, 0.1) is 5.82 Å². The maximum absolute atomic E-state index is 13.9. The van der Waals surface area contributed by atoms with Gasteiger partial charge in [-0.15, -0.1) is 0 Å². The Hall–Kier alpha value is -2.85. The zero-order valence-corrected chi connectivity index (χ0v) is 23.0. The second-order valence-corrected chi connectivity index (χ2v) is 11.6. The second kappa shape index (κ2) is 11.3. The molecule has 0 saturated carbocycles. The number of benzene rings is 2. The van der Waals surface area contributed by atoms with E-state index in [4.69, 9.17) is 4.74 Å². The Bertz CT molecular complexity index is 1210. The number of ether oxygens (including phenoxy) is 1. The SMILES string of the molecule is CC1COCCN1C[C@H]1CN[C@H](C)CN1CC(=O)N1CC(C)(C(=O)O)c2ccc(Cc3ccc(F)cc3)cc21. The number of hydrogen-bond donors (Lipinski definition) is 2. The maximum atomic E-state index is 13.9. The number of amides is 1. The average molecular weight is 539 g/mol. The van der Waals surface area contributed by atoms with Crippen LogP contribution in [0.15, 0.2) is 42.5 Å². The molecule has 3 heterocycles. The molecule has 2 unspecified atom stereocenters. The zero-order chi connectivity index (χ0) is 27.7. The van der Waals surface area contributed by atoms with Crippen molar-refractivity contribution >= 4 is 17.6 Å². The summed E-state index contributed by atoms with van der Waals surface area (Å²) >= 11 is 0. The number of carbonyl (C=O) groups is 2. The van der Waals surface area contributed by atoms with E-state index < -0.39 is 11.4 Å². The molecule has 8 nitrogen and oxygen atoms in total. The highest BCUT2D eigenvalue weighted by Crippen LogP contribution is 2.42. The Morgan fingerprint density at radius 3 is 2.59 bits per heavy atom. The first kappa shape index (κ1) is 27.7. The van der Waals surface area contributed by atoms with Gasteiger partial charge in [0.05, 0.1) is 19.8 Å². The summed E-state index contributed by atoms with van der Waals surface area (Å²) < 4.78 is 19.0. The van der Waals surface area contributed by atoms with Crippen molar-refractivity contribution in [3.63, 3.8) is 0 Å². The molecule has 3 aliphatic rings. The lowest BCUT2D eigenvalue weighted by molar-refractivity contribution is -0.142. The molecule has 210 valence electrons. The number of hydrogen-bond acceptors (Lipinski definition) is 6. The molecule has 39 heavy (non-hydrogen) atoms. The van der Waals surface area contributed by atoms with Crippen LogP contribution >= 0.6 is 0 Å². The summed E-state index contributed by atoms with van der Waals surface area (Å²) in [4.78, 5) is 32.6. The summed E-state index contributed by atoms with van der Waals surface area (Å²) in [5, 5.41) is 13.7. The number of piperazine rings is 1. The molecule has 1 amide bonds. The summed E-state index contributed by atoms with van der Waals surface area (Å²) in [5.74, 6) is -1.32. The van der Waals surface area contributed by atoms with Crippen LogP contribution in [0.3, 0.4) is 0 Å². The van der Waals surface area contributed by atoms with Gasteiger partial charge in [-0.2, -0.15) is 0 Å². The van der Waals surface area contributed by atoms with E-state index in [-0.39, 0.29) is 36.9 Å². The molecule has 2 N–H and O–H groups in total. The molecule has 2 aromatic carbocycles. The first-order valence-electron chi connectivity index (χ1n) is 13.8. The van der Waals surface area contributed by atoms with Crippen LogP contribution in [0.2, 0.25) is 0 Å². The lowest BCUT2D eigenvalue weighted by Crippen LogP contribution is -2.62. The third-order valence-corrected chi connectivity index (χ3v) is 8.53. The van der Waals surface area contributed by atoms with Gasteiger partial charge in [-0.1, -0.05) is 24.3 Å². The number of halogens is 1. The van der Waals surface area contributed by atoms with E-state index >= 15 is 0 Å². The van der Waals surface area contributed by atoms with Gasteiger partial charge in [-0.25, -0.2) is 4.39 Å². The quantitative estimate of drug-likeness (QED) is 0.560. The molecule has 5 rings (SSSR count). The van der Waals surface area contributed by atoms with Crippen LogP contribution in [0.25, 0.3) is 0 Å². The number of nitrogens with zero attached hydrogens (tertiary/aromatic N) is 3. The largest absolute Gasteiger partial charge is 0.481 e. The lowest BCUT2D eigenvalue weighted by Gasteiger charge is -2.43. The number of anilines is 1. The Morgan fingerprint density at radius 1 is 1.13 bits per heavy atom. The Morgan fingerprint density at radius 2 is 1.87 bits per heavy atom. The number of carboxylic acids is 1. The molecule has 0 spiro atoms. The van der Waals surface area contributed by atoms with Crippen LogP contribution in [0.4, 0.5) is 10.1 Å². The molecule has 9 heteroatoms. The van der Waals surface area contributed by atoms with Crippen LogP contribution in [-0.4, -0.2) is 97.4 Å². The minimum absolute atomic E-state index is 0.0886. The highest BCUT2D eigenvalue weighted by molar-refractivity contribution is 6.01. The highest BCUT2D eigenvalue weighted by atomic mass is 19.1. The maximum Gasteiger partial charge on any atom is 0.315 e. The fraction of sp³-hybridized carbons (Fsp3) is 0.533. The number of carboxylic acid groups (broad SMARTS) is 1. The predicted molar refractivity (Wildman–Crippen MR) is 148 cm³/mol. The number of carbonyl (C=O) groups excluding carboxylic acids is 1. The van der Waals surface area contributed by atoms with E-state index in [1.54, 1.807) is 24.0 Å². The molecule has 0 radical (unpaired) electrons. The third-order valence-electron chi connectivity index (χ3n) is 8.53. The fourth-order valence-electron chi connectivity index (χ4n) is 6.07. The van der Waals surface area contributed by atoms with Crippen molar-refractivity contribution in [1.82, 2.24) is 15.1 Å². The van der Waals surface area contributed by atoms with Gasteiger partial charge < -0.3 is 20.1 Å². The van der Waals surface area contributed by atoms with Crippen LogP contribution in [0.5, 0.6) is 0 Å². The van der Waals surface area contributed by atoms with E-state index in [9.17, 15) is 19.1 Å². The second-order valence-electron chi connectivity index (χ2n) is 11.6. The van der Waals surface area contributed by atoms with Crippen molar-refractivity contribution in [3.8, 4) is 0 Å². The highest BCUT2D eigenvalue weighted by Gasteiger charge is 2.47. The first-order chi connectivity index (χ1) is 18.6. The molecular formula is C30H39FN4O4. The first-order valence-corrected chi connectivity index (χ1v) is 13.8. The molecule has 0 bridgehead atoms. The summed E-state index contributed by atoms with van der Waals surface area (Å²) in [5.41, 5.74) is 2.02. The fourth-order valence-corrected chi connectivity index (χ4v) is 6.07. The van der Waals surface area contributed by atoms with Crippen molar-refractivity contribution in [2.45, 2.75) is 50.7 Å². The van der Waals surface area contributed by atoms with Gasteiger partial charge in [0.1, 0.15) is 11.2 Å². The monoisotopic (exact) mass is 538 g/mol. The topological polar surface area (TPSA) is 85.4 Å². The van der Waals surface area contributed by atoms with Crippen LogP contribution in [0.1, 0.15) is 37.5 Å². The van der Waals surface area contributed by atoms with Gasteiger partial charge in [0.25, 0.3) is 0 Å². The summed E-state index contributed by atoms with van der Waals surface area (Å²) in [6.45, 7) is 11.0. The Kier molecular flexibility index (Phi) is 8.05. The van der Waals surface area contributed by atoms with Gasteiger partial charge in [0.15, 0.2) is 0 Å². The van der Waals surface area contributed by atoms with Crippen molar-refractivity contribution in [1.29, 1.82) is 0 Å². The predicted octanol–water partition coefficient (Wildman–Crippen LogP) is 2.49. The van der Waals surface area contributed by atoms with Gasteiger partial charge in [-0.3, -0.25) is 19.4 Å². The molecule has 4 atom stereocenters. The standard InChI is InChI=1S/C30H39FN4O4/c1-20-15-34(25(14-32-20)16-33-10-11-39-18-21(33)2)17-28(36)35-19-30(3,29(37)38)26-9-6-23(13-27(26)35)12-22-4-7-24(31)8-5-22/h4-9,13,20-21,25,32H,10-12,14-19H2,1-3H3,(H,37,38)/t20-,21?,25-,30?/m1/s1. The number of morpholine rings is 1. The minimum Gasteiger partial charge on any atom is -0.481 e. The summed E-state index contributed by atoms with van der Waals surface area (Å²) in [6, 6.07) is 12.8. The van der Waals surface area contributed by atoms with E-state index in [1.807, 2.05) is 18.2 Å². The van der Waals surface area contributed by atoms with Crippen molar-refractivity contribution < 1.29 is 23.8 Å². The van der Waals surface area contributed by atoms with E-state index in [1.165, 1.54) is 12.1 Å². The average Bonchev–Trinajstić information content (AvgIpc) is 3.21. The van der Waals surface area contributed by atoms with Gasteiger partial charge in [0, 0.05) is 56.5 Å². The smallest absolute Gasteiger partial charge is 0.315 e. The van der Waals surface area contributed by atoms with Gasteiger partial charge in [-0.05, 0) is 62.1 Å². The van der Waals surface area contributed by atoms with E-state index in [2.05, 4.69) is 29.0 Å². The van der Waals surface area contributed by atoms with Crippen LogP contribution < -0.4 is 10.2 Å². The summed E-state index contributed by atoms with van der Waals surface area (Å²) in [6.07, 6.45) is 0.564. The Balaban J connectivity index is 1.37. The van der Waals surface area contributed by atoms with Gasteiger partial charge in [0.2, 0.25) is 5.91 Å². The molecule has 2 saturated heterocycles. The van der Waals surface area contributed by atoms with Crippen molar-refractivity contribution in [3.05, 3.63) is 65.0 Å². The van der Waals surface area contributed by atoms with Crippen LogP contribution in [-0.2, 0) is 26.2 Å². The Labute approximate surface area is 229 Å². The summed E-state index contributed by atoms with van der Waals surface area (Å²) in [7, 11) is 0. The molecular weight excluding hydrogens is 499 g/mol. The molecule has 0 aliphatic carbocycles. The number of rotatable bonds is 7. The minimum atomic E-state index is -1.18. The van der Waals surface area contributed by atoms with Gasteiger partial charge >= 0.3 is 5.97 Å².